The topological polar surface area (TPSA) is 63.8 Å². The van der Waals surface area contributed by atoms with Gasteiger partial charge in [-0.2, -0.15) is 13.2 Å². The number of nitrogens with zero attached hydrogens (tertiary/aromatic N) is 2. The number of alkyl halides is 3. The van der Waals surface area contributed by atoms with Gasteiger partial charge in [0.2, 0.25) is 5.95 Å². The van der Waals surface area contributed by atoms with Crippen molar-refractivity contribution in [1.29, 1.82) is 0 Å². The van der Waals surface area contributed by atoms with E-state index in [1.54, 1.807) is 0 Å². The van der Waals surface area contributed by atoms with Crippen LogP contribution in [0.15, 0.2) is 12.4 Å². The lowest BCUT2D eigenvalue weighted by Gasteiger charge is -2.04. The number of aromatic nitrogens is 2. The fourth-order valence-corrected chi connectivity index (χ4v) is 0.549. The van der Waals surface area contributed by atoms with E-state index >= 15 is 0 Å². The minimum atomic E-state index is -4.41. The van der Waals surface area contributed by atoms with E-state index in [1.807, 2.05) is 5.43 Å². The van der Waals surface area contributed by atoms with E-state index in [9.17, 15) is 13.2 Å². The van der Waals surface area contributed by atoms with E-state index in [-0.39, 0.29) is 5.95 Å². The van der Waals surface area contributed by atoms with Crippen molar-refractivity contribution >= 4 is 5.95 Å². The average Bonchev–Trinajstić information content (AvgIpc) is 2.03. The van der Waals surface area contributed by atoms with Crippen molar-refractivity contribution in [2.75, 3.05) is 5.43 Å². The number of hydrogen-bond acceptors (Lipinski definition) is 4. The normalized spacial score (nSPS) is 11.3. The second-order valence-corrected chi connectivity index (χ2v) is 1.94. The lowest BCUT2D eigenvalue weighted by molar-refractivity contribution is -0.138. The van der Waals surface area contributed by atoms with Crippen LogP contribution in [-0.4, -0.2) is 9.97 Å². The van der Waals surface area contributed by atoms with Crippen LogP contribution in [0.4, 0.5) is 19.1 Å². The molecule has 1 rings (SSSR count). The van der Waals surface area contributed by atoms with Crippen LogP contribution in [0.25, 0.3) is 0 Å². The van der Waals surface area contributed by atoms with Crippen molar-refractivity contribution in [3.8, 4) is 0 Å². The van der Waals surface area contributed by atoms with Crippen LogP contribution in [0, 0.1) is 0 Å². The molecule has 0 saturated carbocycles. The largest absolute Gasteiger partial charge is 0.419 e. The molecular weight excluding hydrogens is 173 g/mol. The Morgan fingerprint density at radius 2 is 1.75 bits per heavy atom. The second kappa shape index (κ2) is 2.94. The molecule has 7 heteroatoms. The van der Waals surface area contributed by atoms with Crippen LogP contribution in [0.3, 0.4) is 0 Å². The van der Waals surface area contributed by atoms with Crippen LogP contribution in [-0.2, 0) is 6.18 Å². The lowest BCUT2D eigenvalue weighted by Crippen LogP contribution is -2.12. The monoisotopic (exact) mass is 178 g/mol. The number of hydrogen-bond donors (Lipinski definition) is 2. The molecular formula is C5H5F3N4. The molecule has 12 heavy (non-hydrogen) atoms. The summed E-state index contributed by atoms with van der Waals surface area (Å²) in [6, 6.07) is 0. The highest BCUT2D eigenvalue weighted by molar-refractivity contribution is 5.23. The Morgan fingerprint density at radius 1 is 1.25 bits per heavy atom. The van der Waals surface area contributed by atoms with Crippen molar-refractivity contribution in [3.63, 3.8) is 0 Å². The second-order valence-electron chi connectivity index (χ2n) is 1.94. The number of nitrogens with two attached hydrogens (primary N) is 1. The van der Waals surface area contributed by atoms with Crippen LogP contribution >= 0.6 is 0 Å². The standard InChI is InChI=1S/C5H5F3N4/c6-5(7,8)3-1-10-4(12-9)11-2-3/h1-2H,9H2,(H,10,11,12). The first-order chi connectivity index (χ1) is 5.54. The summed E-state index contributed by atoms with van der Waals surface area (Å²) in [7, 11) is 0. The summed E-state index contributed by atoms with van der Waals surface area (Å²) in [5.74, 6) is 4.80. The number of nitrogens with one attached hydrogen (secondary N) is 1. The molecule has 0 aliphatic carbocycles. The molecule has 0 aliphatic heterocycles. The van der Waals surface area contributed by atoms with E-state index in [4.69, 9.17) is 5.84 Å². The predicted octanol–water partition coefficient (Wildman–Crippen LogP) is 0.781. The van der Waals surface area contributed by atoms with Gasteiger partial charge in [0.05, 0.1) is 5.56 Å². The number of anilines is 1. The molecule has 0 radical (unpaired) electrons. The molecule has 0 saturated heterocycles. The highest BCUT2D eigenvalue weighted by Crippen LogP contribution is 2.27. The molecule has 0 spiro atoms. The van der Waals surface area contributed by atoms with Gasteiger partial charge < -0.3 is 0 Å². The van der Waals surface area contributed by atoms with E-state index in [2.05, 4.69) is 9.97 Å². The van der Waals surface area contributed by atoms with E-state index in [0.29, 0.717) is 12.4 Å². The van der Waals surface area contributed by atoms with Crippen LogP contribution in [0.2, 0.25) is 0 Å². The highest BCUT2D eigenvalue weighted by Gasteiger charge is 2.31. The zero-order valence-electron chi connectivity index (χ0n) is 5.76. The van der Waals surface area contributed by atoms with E-state index in [1.165, 1.54) is 0 Å². The summed E-state index contributed by atoms with van der Waals surface area (Å²) in [5.41, 5.74) is 1.11. The zero-order chi connectivity index (χ0) is 9.19. The fourth-order valence-electron chi connectivity index (χ4n) is 0.549. The van der Waals surface area contributed by atoms with Gasteiger partial charge in [-0.15, -0.1) is 0 Å². The molecule has 1 aromatic rings. The third kappa shape index (κ3) is 1.82. The predicted molar refractivity (Wildman–Crippen MR) is 34.8 cm³/mol. The molecule has 0 aromatic carbocycles. The Hall–Kier alpha value is -1.37. The van der Waals surface area contributed by atoms with Gasteiger partial charge in [0.1, 0.15) is 0 Å². The third-order valence-electron chi connectivity index (χ3n) is 1.11. The number of halogens is 3. The summed E-state index contributed by atoms with van der Waals surface area (Å²) in [4.78, 5) is 6.59. The number of hydrazine groups is 1. The first-order valence-electron chi connectivity index (χ1n) is 2.90. The Balaban J connectivity index is 2.93. The summed E-state index contributed by atoms with van der Waals surface area (Å²) in [6.07, 6.45) is -3.10. The zero-order valence-corrected chi connectivity index (χ0v) is 5.76. The molecule has 0 unspecified atom stereocenters. The highest BCUT2D eigenvalue weighted by atomic mass is 19.4. The van der Waals surface area contributed by atoms with Crippen molar-refractivity contribution in [3.05, 3.63) is 18.0 Å². The molecule has 66 valence electrons. The average molecular weight is 178 g/mol. The quantitative estimate of drug-likeness (QED) is 0.492. The summed E-state index contributed by atoms with van der Waals surface area (Å²) in [5, 5.41) is 0. The fraction of sp³-hybridized carbons (Fsp3) is 0.200. The van der Waals surface area contributed by atoms with Gasteiger partial charge in [-0.05, 0) is 0 Å². The molecule has 0 bridgehead atoms. The summed E-state index contributed by atoms with van der Waals surface area (Å²) >= 11 is 0. The van der Waals surface area contributed by atoms with Crippen molar-refractivity contribution in [2.45, 2.75) is 6.18 Å². The Kier molecular flexibility index (Phi) is 2.13. The summed E-state index contributed by atoms with van der Waals surface area (Å²) in [6.45, 7) is 0. The molecule has 3 N–H and O–H groups in total. The van der Waals surface area contributed by atoms with Crippen molar-refractivity contribution < 1.29 is 13.2 Å². The van der Waals surface area contributed by atoms with Gasteiger partial charge >= 0.3 is 6.18 Å². The number of nitrogen functional groups attached to an aromatic ring is 1. The van der Waals surface area contributed by atoms with E-state index < -0.39 is 11.7 Å². The molecule has 1 heterocycles. The molecule has 0 amide bonds. The molecule has 0 aliphatic rings. The van der Waals surface area contributed by atoms with Gasteiger partial charge in [-0.3, -0.25) is 5.43 Å². The maximum Gasteiger partial charge on any atom is 0.419 e. The van der Waals surface area contributed by atoms with Crippen LogP contribution < -0.4 is 11.3 Å². The van der Waals surface area contributed by atoms with Crippen molar-refractivity contribution in [2.24, 2.45) is 5.84 Å². The first kappa shape index (κ1) is 8.72. The number of rotatable bonds is 1. The third-order valence-corrected chi connectivity index (χ3v) is 1.11. The van der Waals surface area contributed by atoms with Gasteiger partial charge in [0.25, 0.3) is 0 Å². The molecule has 4 nitrogen and oxygen atoms in total. The Bertz CT molecular complexity index is 254. The Labute approximate surface area is 65.6 Å². The SMILES string of the molecule is NNc1ncc(C(F)(F)F)cn1. The Morgan fingerprint density at radius 3 is 2.08 bits per heavy atom. The minimum Gasteiger partial charge on any atom is -0.292 e. The van der Waals surface area contributed by atoms with E-state index in [0.717, 1.165) is 0 Å². The van der Waals surface area contributed by atoms with Crippen LogP contribution in [0.1, 0.15) is 5.56 Å². The molecule has 0 fully saturated rings. The van der Waals surface area contributed by atoms with Gasteiger partial charge in [-0.25, -0.2) is 15.8 Å². The summed E-state index contributed by atoms with van der Waals surface area (Å²) < 4.78 is 35.7. The molecule has 0 atom stereocenters. The smallest absolute Gasteiger partial charge is 0.292 e. The van der Waals surface area contributed by atoms with Gasteiger partial charge in [-0.1, -0.05) is 0 Å². The maximum atomic E-state index is 11.9. The van der Waals surface area contributed by atoms with Crippen molar-refractivity contribution in [1.82, 2.24) is 9.97 Å². The minimum absolute atomic E-state index is 0.0528. The lowest BCUT2D eigenvalue weighted by atomic mass is 10.3. The maximum absolute atomic E-state index is 11.9. The first-order valence-corrected chi connectivity index (χ1v) is 2.90. The van der Waals surface area contributed by atoms with Gasteiger partial charge in [0, 0.05) is 12.4 Å². The molecule has 1 aromatic heterocycles. The van der Waals surface area contributed by atoms with Crippen LogP contribution in [0.5, 0.6) is 0 Å². The van der Waals surface area contributed by atoms with Gasteiger partial charge in [0.15, 0.2) is 0 Å².